The minimum atomic E-state index is -4.27. The summed E-state index contributed by atoms with van der Waals surface area (Å²) in [6.45, 7) is 1.59. The van der Waals surface area contributed by atoms with Crippen LogP contribution in [0.1, 0.15) is 24.8 Å². The molecule has 2 aliphatic rings. The van der Waals surface area contributed by atoms with Gasteiger partial charge in [-0.1, -0.05) is 0 Å². The van der Waals surface area contributed by atoms with E-state index in [1.54, 1.807) is 6.07 Å². The molecule has 0 radical (unpaired) electrons. The third-order valence-corrected chi connectivity index (χ3v) is 3.82. The largest absolute Gasteiger partial charge is 0.416 e. The molecular formula is C13H15F3N2. The van der Waals surface area contributed by atoms with Gasteiger partial charge in [0.25, 0.3) is 0 Å². The summed E-state index contributed by atoms with van der Waals surface area (Å²) in [7, 11) is 0. The van der Waals surface area contributed by atoms with Gasteiger partial charge in [0.1, 0.15) is 0 Å². The Morgan fingerprint density at radius 2 is 2.00 bits per heavy atom. The maximum Gasteiger partial charge on any atom is 0.416 e. The molecule has 1 fully saturated rings. The van der Waals surface area contributed by atoms with Gasteiger partial charge in [0.15, 0.2) is 0 Å². The van der Waals surface area contributed by atoms with Crippen molar-refractivity contribution in [2.75, 3.05) is 23.3 Å². The first-order valence-corrected chi connectivity index (χ1v) is 6.27. The second-order valence-corrected chi connectivity index (χ2v) is 4.93. The monoisotopic (exact) mass is 256 g/mol. The fourth-order valence-electron chi connectivity index (χ4n) is 2.60. The van der Waals surface area contributed by atoms with Crippen LogP contribution in [0, 0.1) is 0 Å². The fraction of sp³-hybridized carbons (Fsp3) is 0.538. The predicted molar refractivity (Wildman–Crippen MR) is 64.9 cm³/mol. The van der Waals surface area contributed by atoms with Gasteiger partial charge >= 0.3 is 6.18 Å². The normalized spacial score (nSPS) is 20.1. The van der Waals surface area contributed by atoms with Crippen molar-refractivity contribution >= 4 is 11.4 Å². The zero-order valence-electron chi connectivity index (χ0n) is 9.93. The molecule has 0 saturated heterocycles. The molecule has 0 unspecified atom stereocenters. The Balaban J connectivity index is 1.98. The Hall–Kier alpha value is -1.39. The van der Waals surface area contributed by atoms with E-state index in [1.807, 2.05) is 0 Å². The fourth-order valence-corrected chi connectivity index (χ4v) is 2.60. The highest BCUT2D eigenvalue weighted by atomic mass is 19.4. The predicted octanol–water partition coefficient (Wildman–Crippen LogP) is 3.49. The highest BCUT2D eigenvalue weighted by Gasteiger charge is 2.34. The molecule has 0 spiro atoms. The smallest absolute Gasteiger partial charge is 0.382 e. The van der Waals surface area contributed by atoms with Crippen LogP contribution >= 0.6 is 0 Å². The summed E-state index contributed by atoms with van der Waals surface area (Å²) in [4.78, 5) is 2.13. The highest BCUT2D eigenvalue weighted by Crippen LogP contribution is 2.40. The van der Waals surface area contributed by atoms with Gasteiger partial charge in [0.2, 0.25) is 0 Å². The van der Waals surface area contributed by atoms with Crippen molar-refractivity contribution in [2.45, 2.75) is 31.5 Å². The van der Waals surface area contributed by atoms with Crippen molar-refractivity contribution < 1.29 is 13.2 Å². The lowest BCUT2D eigenvalue weighted by molar-refractivity contribution is -0.137. The van der Waals surface area contributed by atoms with Crippen molar-refractivity contribution in [3.05, 3.63) is 23.8 Å². The van der Waals surface area contributed by atoms with Crippen LogP contribution in [0.4, 0.5) is 24.5 Å². The minimum Gasteiger partial charge on any atom is -0.382 e. The van der Waals surface area contributed by atoms with E-state index in [4.69, 9.17) is 0 Å². The lowest BCUT2D eigenvalue weighted by atomic mass is 9.90. The van der Waals surface area contributed by atoms with Crippen LogP contribution < -0.4 is 10.2 Å². The van der Waals surface area contributed by atoms with Gasteiger partial charge in [-0.05, 0) is 37.5 Å². The number of rotatable bonds is 1. The lowest BCUT2D eigenvalue weighted by Crippen LogP contribution is -2.45. The first-order chi connectivity index (χ1) is 8.55. The molecule has 0 amide bonds. The molecule has 98 valence electrons. The van der Waals surface area contributed by atoms with E-state index in [2.05, 4.69) is 10.2 Å². The van der Waals surface area contributed by atoms with Gasteiger partial charge in [-0.2, -0.15) is 13.2 Å². The van der Waals surface area contributed by atoms with Gasteiger partial charge in [0.05, 0.1) is 16.9 Å². The van der Waals surface area contributed by atoms with E-state index in [0.717, 1.165) is 37.7 Å². The van der Waals surface area contributed by atoms with Crippen LogP contribution in [0.25, 0.3) is 0 Å². The SMILES string of the molecule is FC(F)(F)c1ccc2c(c1)N(C1CCC1)CCN2. The molecule has 0 bridgehead atoms. The van der Waals surface area contributed by atoms with Crippen LogP contribution in [0.5, 0.6) is 0 Å². The van der Waals surface area contributed by atoms with Crippen LogP contribution in [0.15, 0.2) is 18.2 Å². The van der Waals surface area contributed by atoms with Crippen LogP contribution in [-0.4, -0.2) is 19.1 Å². The Labute approximate surface area is 104 Å². The van der Waals surface area contributed by atoms with E-state index in [9.17, 15) is 13.2 Å². The molecule has 1 aromatic rings. The number of anilines is 2. The number of nitrogens with zero attached hydrogens (tertiary/aromatic N) is 1. The summed E-state index contributed by atoms with van der Waals surface area (Å²) in [6, 6.07) is 4.40. The molecule has 1 aliphatic carbocycles. The number of hydrogen-bond acceptors (Lipinski definition) is 2. The Bertz CT molecular complexity index is 452. The highest BCUT2D eigenvalue weighted by molar-refractivity contribution is 5.73. The standard InChI is InChI=1S/C13H15F3N2/c14-13(15,16)9-4-5-11-12(8-9)18(7-6-17-11)10-2-1-3-10/h4-5,8,10,17H,1-3,6-7H2. The first-order valence-electron chi connectivity index (χ1n) is 6.27. The van der Waals surface area contributed by atoms with Crippen molar-refractivity contribution in [3.8, 4) is 0 Å². The number of halogens is 3. The van der Waals surface area contributed by atoms with Gasteiger partial charge in [-0.3, -0.25) is 0 Å². The summed E-state index contributed by atoms with van der Waals surface area (Å²) in [5.74, 6) is 0. The molecular weight excluding hydrogens is 241 g/mol. The average Bonchev–Trinajstić information content (AvgIpc) is 2.25. The van der Waals surface area contributed by atoms with Crippen LogP contribution in [0.3, 0.4) is 0 Å². The van der Waals surface area contributed by atoms with E-state index >= 15 is 0 Å². The molecule has 2 nitrogen and oxygen atoms in total. The quantitative estimate of drug-likeness (QED) is 0.827. The molecule has 1 saturated carbocycles. The first kappa shape index (κ1) is 11.7. The lowest BCUT2D eigenvalue weighted by Gasteiger charge is -2.42. The third-order valence-electron chi connectivity index (χ3n) is 3.82. The van der Waals surface area contributed by atoms with Crippen molar-refractivity contribution in [3.63, 3.8) is 0 Å². The Morgan fingerprint density at radius 3 is 2.61 bits per heavy atom. The van der Waals surface area contributed by atoms with Crippen molar-refractivity contribution in [1.82, 2.24) is 0 Å². The molecule has 3 rings (SSSR count). The second-order valence-electron chi connectivity index (χ2n) is 4.93. The molecule has 0 aromatic heterocycles. The molecule has 1 heterocycles. The molecule has 1 aromatic carbocycles. The minimum absolute atomic E-state index is 0.425. The molecule has 0 atom stereocenters. The van der Waals surface area contributed by atoms with E-state index in [0.29, 0.717) is 11.7 Å². The average molecular weight is 256 g/mol. The zero-order valence-corrected chi connectivity index (χ0v) is 9.93. The van der Waals surface area contributed by atoms with Gasteiger partial charge < -0.3 is 10.2 Å². The zero-order chi connectivity index (χ0) is 12.8. The maximum atomic E-state index is 12.7. The van der Waals surface area contributed by atoms with Gasteiger partial charge in [-0.25, -0.2) is 0 Å². The van der Waals surface area contributed by atoms with Crippen molar-refractivity contribution in [1.29, 1.82) is 0 Å². The summed E-state index contributed by atoms with van der Waals surface area (Å²) in [5.41, 5.74) is 0.969. The Kier molecular flexibility index (Phi) is 2.64. The molecule has 1 aliphatic heterocycles. The number of fused-ring (bicyclic) bond motifs is 1. The van der Waals surface area contributed by atoms with E-state index in [1.165, 1.54) is 12.5 Å². The third kappa shape index (κ3) is 1.91. The van der Waals surface area contributed by atoms with Crippen LogP contribution in [0.2, 0.25) is 0 Å². The van der Waals surface area contributed by atoms with E-state index in [-0.39, 0.29) is 0 Å². The second kappa shape index (κ2) is 4.07. The summed E-state index contributed by atoms with van der Waals surface area (Å²) >= 11 is 0. The van der Waals surface area contributed by atoms with Crippen LogP contribution in [-0.2, 0) is 6.18 Å². The summed E-state index contributed by atoms with van der Waals surface area (Å²) < 4.78 is 38.2. The Morgan fingerprint density at radius 1 is 1.22 bits per heavy atom. The number of alkyl halides is 3. The maximum absolute atomic E-state index is 12.7. The number of benzene rings is 1. The molecule has 18 heavy (non-hydrogen) atoms. The molecule has 1 N–H and O–H groups in total. The molecule has 5 heteroatoms. The van der Waals surface area contributed by atoms with E-state index < -0.39 is 11.7 Å². The summed E-state index contributed by atoms with van der Waals surface area (Å²) in [5, 5.41) is 3.17. The van der Waals surface area contributed by atoms with Gasteiger partial charge in [-0.15, -0.1) is 0 Å². The van der Waals surface area contributed by atoms with Crippen molar-refractivity contribution in [2.24, 2.45) is 0 Å². The topological polar surface area (TPSA) is 15.3 Å². The summed E-state index contributed by atoms with van der Waals surface area (Å²) in [6.07, 6.45) is -0.897. The number of hydrogen-bond donors (Lipinski definition) is 1. The van der Waals surface area contributed by atoms with Gasteiger partial charge in [0, 0.05) is 19.1 Å². The number of nitrogens with one attached hydrogen (secondary N) is 1.